The monoisotopic (exact) mass is 399 g/mol. The third-order valence-electron chi connectivity index (χ3n) is 4.91. The Kier molecular flexibility index (Phi) is 4.70. The molecule has 1 fully saturated rings. The van der Waals surface area contributed by atoms with Gasteiger partial charge in [-0.3, -0.25) is 15.0 Å². The van der Waals surface area contributed by atoms with Crippen molar-refractivity contribution in [3.8, 4) is 0 Å². The molecule has 1 N–H and O–H groups in total. The number of sulfonamides is 1. The first-order valence-corrected chi connectivity index (χ1v) is 10.3. The van der Waals surface area contributed by atoms with E-state index in [1.165, 1.54) is 28.6 Å². The SMILES string of the molecule is O=[N+]([O-])c1ccc(S(=O)(=O)N2CCN(c3ccc4ccccc4[nH+]3)CC2)cc1. The lowest BCUT2D eigenvalue weighted by Crippen LogP contribution is -2.49. The molecule has 28 heavy (non-hydrogen) atoms. The number of pyridine rings is 1. The molecule has 1 aliphatic heterocycles. The van der Waals surface area contributed by atoms with E-state index >= 15 is 0 Å². The number of fused-ring (bicyclic) bond motifs is 1. The summed E-state index contributed by atoms with van der Waals surface area (Å²) in [6.07, 6.45) is 0. The fraction of sp³-hybridized carbons (Fsp3) is 0.211. The molecular formula is C19H19N4O4S+. The molecule has 144 valence electrons. The van der Waals surface area contributed by atoms with Crippen molar-refractivity contribution in [1.29, 1.82) is 0 Å². The van der Waals surface area contributed by atoms with Crippen molar-refractivity contribution in [1.82, 2.24) is 4.31 Å². The maximum Gasteiger partial charge on any atom is 0.274 e. The molecule has 0 radical (unpaired) electrons. The van der Waals surface area contributed by atoms with Crippen LogP contribution in [-0.2, 0) is 10.0 Å². The zero-order chi connectivity index (χ0) is 19.7. The van der Waals surface area contributed by atoms with Crippen molar-refractivity contribution in [2.24, 2.45) is 0 Å². The summed E-state index contributed by atoms with van der Waals surface area (Å²) in [6.45, 7) is 1.81. The van der Waals surface area contributed by atoms with Gasteiger partial charge in [0.25, 0.3) is 11.5 Å². The molecule has 0 unspecified atom stereocenters. The van der Waals surface area contributed by atoms with Crippen LogP contribution in [0.1, 0.15) is 0 Å². The van der Waals surface area contributed by atoms with Gasteiger partial charge in [-0.2, -0.15) is 4.31 Å². The summed E-state index contributed by atoms with van der Waals surface area (Å²) in [6, 6.07) is 17.0. The Morgan fingerprint density at radius 3 is 2.25 bits per heavy atom. The second-order valence-corrected chi connectivity index (χ2v) is 8.51. The number of H-pyrrole nitrogens is 1. The summed E-state index contributed by atoms with van der Waals surface area (Å²) in [4.78, 5) is 15.8. The smallest absolute Gasteiger partial charge is 0.259 e. The molecule has 1 aromatic heterocycles. The number of rotatable bonds is 4. The van der Waals surface area contributed by atoms with Gasteiger partial charge in [-0.25, -0.2) is 13.4 Å². The highest BCUT2D eigenvalue weighted by Crippen LogP contribution is 2.22. The number of anilines is 1. The quantitative estimate of drug-likeness (QED) is 0.494. The summed E-state index contributed by atoms with van der Waals surface area (Å²) in [5.74, 6) is 0.950. The molecule has 1 saturated heterocycles. The molecule has 3 aromatic rings. The standard InChI is InChI=1S/C19H18N4O4S/c24-23(25)16-6-8-17(9-7-16)28(26,27)22-13-11-21(12-14-22)19-10-5-15-3-1-2-4-18(15)20-19/h1-10H,11-14H2/p+1. The van der Waals surface area contributed by atoms with E-state index in [0.717, 1.165) is 16.7 Å². The highest BCUT2D eigenvalue weighted by atomic mass is 32.2. The summed E-state index contributed by atoms with van der Waals surface area (Å²) in [5.41, 5.74) is 0.900. The zero-order valence-corrected chi connectivity index (χ0v) is 15.8. The second kappa shape index (κ2) is 7.17. The Hall–Kier alpha value is -3.04. The van der Waals surface area contributed by atoms with Crippen molar-refractivity contribution in [2.45, 2.75) is 4.90 Å². The van der Waals surface area contributed by atoms with Crippen molar-refractivity contribution in [2.75, 3.05) is 31.1 Å². The van der Waals surface area contributed by atoms with Crippen LogP contribution in [-0.4, -0.2) is 43.8 Å². The zero-order valence-electron chi connectivity index (χ0n) is 15.0. The van der Waals surface area contributed by atoms with Gasteiger partial charge in [0.1, 0.15) is 5.52 Å². The lowest BCUT2D eigenvalue weighted by Gasteiger charge is -2.30. The molecule has 4 rings (SSSR count). The normalized spacial score (nSPS) is 15.6. The van der Waals surface area contributed by atoms with Crippen LogP contribution in [0, 0.1) is 10.1 Å². The van der Waals surface area contributed by atoms with Crippen molar-refractivity contribution < 1.29 is 18.3 Å². The van der Waals surface area contributed by atoms with E-state index in [9.17, 15) is 18.5 Å². The topological polar surface area (TPSA) is 97.9 Å². The summed E-state index contributed by atoms with van der Waals surface area (Å²) >= 11 is 0. The molecule has 0 saturated carbocycles. The van der Waals surface area contributed by atoms with Gasteiger partial charge in [0.15, 0.2) is 0 Å². The van der Waals surface area contributed by atoms with E-state index in [2.05, 4.69) is 9.88 Å². The molecular weight excluding hydrogens is 380 g/mol. The lowest BCUT2D eigenvalue weighted by molar-refractivity contribution is -0.384. The van der Waals surface area contributed by atoms with Gasteiger partial charge in [-0.15, -0.1) is 0 Å². The molecule has 2 heterocycles. The molecule has 0 atom stereocenters. The largest absolute Gasteiger partial charge is 0.274 e. The Morgan fingerprint density at radius 1 is 0.893 bits per heavy atom. The number of non-ortho nitro benzene ring substituents is 1. The first-order chi connectivity index (χ1) is 13.4. The molecule has 0 amide bonds. The summed E-state index contributed by atoms with van der Waals surface area (Å²) < 4.78 is 27.1. The number of nitro benzene ring substituents is 1. The second-order valence-electron chi connectivity index (χ2n) is 6.57. The molecule has 0 spiro atoms. The highest BCUT2D eigenvalue weighted by molar-refractivity contribution is 7.89. The fourth-order valence-electron chi connectivity index (χ4n) is 3.35. The van der Waals surface area contributed by atoms with Crippen LogP contribution in [0.4, 0.5) is 11.5 Å². The third-order valence-corrected chi connectivity index (χ3v) is 6.82. The van der Waals surface area contributed by atoms with E-state index in [1.54, 1.807) is 0 Å². The van der Waals surface area contributed by atoms with Gasteiger partial charge in [-0.05, 0) is 24.3 Å². The Labute approximate surface area is 162 Å². The Morgan fingerprint density at radius 2 is 1.57 bits per heavy atom. The number of hydrogen-bond donors (Lipinski definition) is 0. The number of piperazine rings is 1. The van der Waals surface area contributed by atoms with Crippen LogP contribution < -0.4 is 9.88 Å². The average molecular weight is 399 g/mol. The van der Waals surface area contributed by atoms with E-state index in [0.29, 0.717) is 26.2 Å². The van der Waals surface area contributed by atoms with E-state index in [1.807, 2.05) is 36.4 Å². The number of para-hydroxylation sites is 1. The number of aromatic amines is 1. The minimum Gasteiger partial charge on any atom is -0.259 e. The van der Waals surface area contributed by atoms with E-state index in [4.69, 9.17) is 0 Å². The number of nitrogens with zero attached hydrogens (tertiary/aromatic N) is 3. The first-order valence-electron chi connectivity index (χ1n) is 8.86. The van der Waals surface area contributed by atoms with Crippen LogP contribution >= 0.6 is 0 Å². The van der Waals surface area contributed by atoms with Crippen LogP contribution in [0.15, 0.2) is 65.6 Å². The van der Waals surface area contributed by atoms with Crippen molar-refractivity contribution in [3.63, 3.8) is 0 Å². The van der Waals surface area contributed by atoms with E-state index in [-0.39, 0.29) is 10.6 Å². The number of nitrogens with one attached hydrogen (secondary N) is 1. The van der Waals surface area contributed by atoms with Crippen LogP contribution in [0.2, 0.25) is 0 Å². The maximum absolute atomic E-state index is 12.8. The number of benzene rings is 2. The van der Waals surface area contributed by atoms with Crippen molar-refractivity contribution in [3.05, 3.63) is 70.8 Å². The molecule has 8 nitrogen and oxygen atoms in total. The highest BCUT2D eigenvalue weighted by Gasteiger charge is 2.32. The Balaban J connectivity index is 1.48. The fourth-order valence-corrected chi connectivity index (χ4v) is 4.77. The van der Waals surface area contributed by atoms with Crippen molar-refractivity contribution >= 4 is 32.4 Å². The summed E-state index contributed by atoms with van der Waals surface area (Å²) in [7, 11) is -3.67. The van der Waals surface area contributed by atoms with Crippen LogP contribution in [0.25, 0.3) is 10.9 Å². The van der Waals surface area contributed by atoms with Gasteiger partial charge in [0, 0.05) is 23.6 Å². The van der Waals surface area contributed by atoms with Gasteiger partial charge in [0.2, 0.25) is 10.0 Å². The number of hydrogen-bond acceptors (Lipinski definition) is 5. The molecule has 2 aromatic carbocycles. The average Bonchev–Trinajstić information content (AvgIpc) is 2.73. The molecule has 9 heteroatoms. The number of aromatic nitrogens is 1. The summed E-state index contributed by atoms with van der Waals surface area (Å²) in [5, 5.41) is 11.9. The Bertz CT molecular complexity index is 1120. The minimum atomic E-state index is -3.67. The van der Waals surface area contributed by atoms with Gasteiger partial charge >= 0.3 is 0 Å². The minimum absolute atomic E-state index is 0.0730. The number of nitro groups is 1. The van der Waals surface area contributed by atoms with Gasteiger partial charge < -0.3 is 0 Å². The van der Waals surface area contributed by atoms with Gasteiger partial charge in [-0.1, -0.05) is 18.2 Å². The van der Waals surface area contributed by atoms with Crippen LogP contribution in [0.5, 0.6) is 0 Å². The van der Waals surface area contributed by atoms with Gasteiger partial charge in [0.05, 0.1) is 36.0 Å². The predicted octanol–water partition coefficient (Wildman–Crippen LogP) is 2.07. The maximum atomic E-state index is 12.8. The predicted molar refractivity (Wildman–Crippen MR) is 105 cm³/mol. The molecule has 0 aliphatic carbocycles. The molecule has 1 aliphatic rings. The van der Waals surface area contributed by atoms with E-state index < -0.39 is 14.9 Å². The first kappa shape index (κ1) is 18.3. The molecule has 0 bridgehead atoms. The third kappa shape index (κ3) is 3.41. The lowest BCUT2D eigenvalue weighted by atomic mass is 10.2. The van der Waals surface area contributed by atoms with Crippen LogP contribution in [0.3, 0.4) is 0 Å².